The molecule has 2 N–H and O–H groups in total. The molecule has 118 valence electrons. The van der Waals surface area contributed by atoms with Crippen LogP contribution in [-0.2, 0) is 0 Å². The van der Waals surface area contributed by atoms with Gasteiger partial charge in [0.1, 0.15) is 17.3 Å². The highest BCUT2D eigenvalue weighted by atomic mass is 19.1. The van der Waals surface area contributed by atoms with Crippen molar-refractivity contribution in [1.29, 1.82) is 0 Å². The van der Waals surface area contributed by atoms with Gasteiger partial charge in [0, 0.05) is 25.2 Å². The molecule has 0 heterocycles. The largest absolute Gasteiger partial charge is 0.381 e. The third-order valence-corrected chi connectivity index (χ3v) is 3.27. The summed E-state index contributed by atoms with van der Waals surface area (Å²) in [6, 6.07) is 2.10. The maximum atomic E-state index is 13.7. The van der Waals surface area contributed by atoms with Crippen LogP contribution >= 0.6 is 0 Å². The van der Waals surface area contributed by atoms with E-state index in [0.717, 1.165) is 25.2 Å². The number of benzene rings is 1. The second kappa shape index (κ2) is 8.56. The molecule has 1 aromatic carbocycles. The number of carbonyl (C=O) groups is 1. The number of carbonyl (C=O) groups excluding carboxylic acids is 1. The van der Waals surface area contributed by atoms with Crippen LogP contribution in [0.5, 0.6) is 0 Å². The van der Waals surface area contributed by atoms with Crippen LogP contribution in [0.1, 0.15) is 31.1 Å². The molecule has 1 amide bonds. The van der Waals surface area contributed by atoms with E-state index in [2.05, 4.69) is 15.5 Å². The number of nitrogens with zero attached hydrogens (tertiary/aromatic N) is 1. The summed E-state index contributed by atoms with van der Waals surface area (Å²) in [5.41, 5.74) is -0.205. The summed E-state index contributed by atoms with van der Waals surface area (Å²) in [5.74, 6) is -1.99. The number of amides is 1. The number of hydrogen-bond donors (Lipinski definition) is 2. The van der Waals surface area contributed by atoms with Crippen molar-refractivity contribution in [2.75, 3.05) is 38.0 Å². The van der Waals surface area contributed by atoms with Crippen molar-refractivity contribution in [3.63, 3.8) is 0 Å². The highest BCUT2D eigenvalue weighted by molar-refractivity contribution is 5.94. The fourth-order valence-electron chi connectivity index (χ4n) is 2.02. The van der Waals surface area contributed by atoms with Crippen molar-refractivity contribution in [3.05, 3.63) is 29.3 Å². The Balaban J connectivity index is 2.66. The standard InChI is InChI=1S/C15H23F2N3O/c1-4-18-14-12(16)9-11(10-13(14)17)15(21)19-7-8-20(5-2)6-3/h9-10,18H,4-8H2,1-3H3,(H,19,21). The molecule has 0 fully saturated rings. The fourth-order valence-corrected chi connectivity index (χ4v) is 2.02. The second-order valence-electron chi connectivity index (χ2n) is 4.63. The highest BCUT2D eigenvalue weighted by Crippen LogP contribution is 2.20. The predicted molar refractivity (Wildman–Crippen MR) is 80.6 cm³/mol. The maximum absolute atomic E-state index is 13.7. The lowest BCUT2D eigenvalue weighted by Crippen LogP contribution is -2.34. The molecule has 0 unspecified atom stereocenters. The lowest BCUT2D eigenvalue weighted by Gasteiger charge is -2.18. The van der Waals surface area contributed by atoms with E-state index in [4.69, 9.17) is 0 Å². The minimum atomic E-state index is -0.759. The first-order valence-corrected chi connectivity index (χ1v) is 7.26. The molecule has 0 atom stereocenters. The molecular formula is C15H23F2N3O. The molecule has 0 aliphatic carbocycles. The average Bonchev–Trinajstić information content (AvgIpc) is 2.47. The number of likely N-dealkylation sites (N-methyl/N-ethyl adjacent to an activating group) is 1. The number of hydrogen-bond acceptors (Lipinski definition) is 3. The Morgan fingerprint density at radius 1 is 1.14 bits per heavy atom. The van der Waals surface area contributed by atoms with Gasteiger partial charge in [0.15, 0.2) is 0 Å². The summed E-state index contributed by atoms with van der Waals surface area (Å²) in [5, 5.41) is 5.26. The summed E-state index contributed by atoms with van der Waals surface area (Å²) < 4.78 is 27.5. The third-order valence-electron chi connectivity index (χ3n) is 3.27. The van der Waals surface area contributed by atoms with Crippen molar-refractivity contribution >= 4 is 11.6 Å². The van der Waals surface area contributed by atoms with E-state index >= 15 is 0 Å². The number of anilines is 1. The zero-order valence-corrected chi connectivity index (χ0v) is 12.8. The van der Waals surface area contributed by atoms with Gasteiger partial charge >= 0.3 is 0 Å². The molecule has 0 aliphatic rings. The first-order valence-electron chi connectivity index (χ1n) is 7.26. The molecule has 0 saturated carbocycles. The molecule has 0 aromatic heterocycles. The monoisotopic (exact) mass is 299 g/mol. The van der Waals surface area contributed by atoms with E-state index < -0.39 is 17.5 Å². The van der Waals surface area contributed by atoms with Crippen LogP contribution in [0, 0.1) is 11.6 Å². The van der Waals surface area contributed by atoms with E-state index in [-0.39, 0.29) is 11.3 Å². The summed E-state index contributed by atoms with van der Waals surface area (Å²) in [6.07, 6.45) is 0. The SMILES string of the molecule is CCNc1c(F)cc(C(=O)NCCN(CC)CC)cc1F. The van der Waals surface area contributed by atoms with Gasteiger partial charge in [-0.1, -0.05) is 13.8 Å². The summed E-state index contributed by atoms with van der Waals surface area (Å²) in [7, 11) is 0. The Bertz CT molecular complexity index is 453. The van der Waals surface area contributed by atoms with E-state index in [9.17, 15) is 13.6 Å². The van der Waals surface area contributed by atoms with Crippen LogP contribution in [0.25, 0.3) is 0 Å². The van der Waals surface area contributed by atoms with Crippen LogP contribution in [-0.4, -0.2) is 43.5 Å². The Morgan fingerprint density at radius 3 is 2.19 bits per heavy atom. The average molecular weight is 299 g/mol. The molecule has 0 bridgehead atoms. The minimum absolute atomic E-state index is 0.00815. The molecular weight excluding hydrogens is 276 g/mol. The van der Waals surface area contributed by atoms with Crippen molar-refractivity contribution in [2.24, 2.45) is 0 Å². The topological polar surface area (TPSA) is 44.4 Å². The van der Waals surface area contributed by atoms with Gasteiger partial charge in [-0.3, -0.25) is 4.79 Å². The molecule has 21 heavy (non-hydrogen) atoms. The minimum Gasteiger partial charge on any atom is -0.381 e. The molecule has 1 aromatic rings. The van der Waals surface area contributed by atoms with Crippen LogP contribution in [0.15, 0.2) is 12.1 Å². The first-order chi connectivity index (χ1) is 10.0. The summed E-state index contributed by atoms with van der Waals surface area (Å²) in [4.78, 5) is 14.0. The molecule has 0 saturated heterocycles. The van der Waals surface area contributed by atoms with E-state index in [1.807, 2.05) is 13.8 Å². The molecule has 0 spiro atoms. The van der Waals surface area contributed by atoms with Gasteiger partial charge < -0.3 is 15.5 Å². The van der Waals surface area contributed by atoms with Gasteiger partial charge in [0.25, 0.3) is 5.91 Å². The Labute approximate surface area is 124 Å². The maximum Gasteiger partial charge on any atom is 0.251 e. The van der Waals surface area contributed by atoms with Crippen molar-refractivity contribution in [2.45, 2.75) is 20.8 Å². The molecule has 4 nitrogen and oxygen atoms in total. The predicted octanol–water partition coefficient (Wildman–Crippen LogP) is 2.47. The lowest BCUT2D eigenvalue weighted by atomic mass is 10.1. The van der Waals surface area contributed by atoms with E-state index in [1.165, 1.54) is 0 Å². The van der Waals surface area contributed by atoms with Crippen LogP contribution in [0.3, 0.4) is 0 Å². The second-order valence-corrected chi connectivity index (χ2v) is 4.63. The molecule has 1 rings (SSSR count). The summed E-state index contributed by atoms with van der Waals surface area (Å²) in [6.45, 7) is 9.17. The van der Waals surface area contributed by atoms with Gasteiger partial charge in [0.2, 0.25) is 0 Å². The van der Waals surface area contributed by atoms with Crippen LogP contribution in [0.4, 0.5) is 14.5 Å². The Morgan fingerprint density at radius 2 is 1.71 bits per heavy atom. The van der Waals surface area contributed by atoms with Crippen LogP contribution in [0.2, 0.25) is 0 Å². The Kier molecular flexibility index (Phi) is 7.08. The van der Waals surface area contributed by atoms with Gasteiger partial charge in [-0.15, -0.1) is 0 Å². The smallest absolute Gasteiger partial charge is 0.251 e. The number of rotatable bonds is 8. The molecule has 0 radical (unpaired) electrons. The normalized spacial score (nSPS) is 10.8. The van der Waals surface area contributed by atoms with Gasteiger partial charge in [-0.05, 0) is 32.1 Å². The van der Waals surface area contributed by atoms with E-state index in [1.54, 1.807) is 6.92 Å². The number of halogens is 2. The van der Waals surface area contributed by atoms with Gasteiger partial charge in [-0.2, -0.15) is 0 Å². The van der Waals surface area contributed by atoms with E-state index in [0.29, 0.717) is 19.6 Å². The van der Waals surface area contributed by atoms with Crippen LogP contribution < -0.4 is 10.6 Å². The lowest BCUT2D eigenvalue weighted by molar-refractivity contribution is 0.0948. The summed E-state index contributed by atoms with van der Waals surface area (Å²) >= 11 is 0. The van der Waals surface area contributed by atoms with Crippen molar-refractivity contribution < 1.29 is 13.6 Å². The fraction of sp³-hybridized carbons (Fsp3) is 0.533. The van der Waals surface area contributed by atoms with Crippen molar-refractivity contribution in [1.82, 2.24) is 10.2 Å². The first kappa shape index (κ1) is 17.4. The Hall–Kier alpha value is -1.69. The van der Waals surface area contributed by atoms with Gasteiger partial charge in [-0.25, -0.2) is 8.78 Å². The molecule has 0 aliphatic heterocycles. The van der Waals surface area contributed by atoms with Gasteiger partial charge in [0.05, 0.1) is 0 Å². The quantitative estimate of drug-likeness (QED) is 0.775. The number of nitrogens with one attached hydrogen (secondary N) is 2. The highest BCUT2D eigenvalue weighted by Gasteiger charge is 2.14. The zero-order valence-electron chi connectivity index (χ0n) is 12.8. The van der Waals surface area contributed by atoms with Crippen molar-refractivity contribution in [3.8, 4) is 0 Å². The zero-order chi connectivity index (χ0) is 15.8. The third kappa shape index (κ3) is 4.97. The molecule has 6 heteroatoms.